The van der Waals surface area contributed by atoms with Gasteiger partial charge in [-0.05, 0) is 49.4 Å². The molecule has 0 bridgehead atoms. The maximum atomic E-state index is 13.2. The van der Waals surface area contributed by atoms with Crippen LogP contribution in [0, 0.1) is 0 Å². The molecule has 0 unspecified atom stereocenters. The second-order valence-electron chi connectivity index (χ2n) is 8.64. The van der Waals surface area contributed by atoms with Crippen molar-refractivity contribution in [3.8, 4) is 5.69 Å². The van der Waals surface area contributed by atoms with Crippen molar-refractivity contribution in [3.63, 3.8) is 0 Å². The first-order valence-corrected chi connectivity index (χ1v) is 12.8. The van der Waals surface area contributed by atoms with E-state index in [0.29, 0.717) is 23.9 Å². The third-order valence-electron chi connectivity index (χ3n) is 6.34. The van der Waals surface area contributed by atoms with E-state index in [-0.39, 0.29) is 17.6 Å². The quantitative estimate of drug-likeness (QED) is 0.505. The lowest BCUT2D eigenvalue weighted by Gasteiger charge is -2.29. The van der Waals surface area contributed by atoms with Crippen LogP contribution in [0.3, 0.4) is 0 Å². The lowest BCUT2D eigenvalue weighted by molar-refractivity contribution is -0.131. The molecule has 2 aliphatic heterocycles. The van der Waals surface area contributed by atoms with Gasteiger partial charge >= 0.3 is 0 Å². The first-order chi connectivity index (χ1) is 16.7. The molecule has 2 aromatic heterocycles. The Morgan fingerprint density at radius 1 is 0.971 bits per heavy atom. The van der Waals surface area contributed by atoms with Crippen LogP contribution in [0.2, 0.25) is 0 Å². The van der Waals surface area contributed by atoms with Gasteiger partial charge in [-0.1, -0.05) is 36.4 Å². The summed E-state index contributed by atoms with van der Waals surface area (Å²) in [7, 11) is 0. The molecule has 8 nitrogen and oxygen atoms in total. The fourth-order valence-electron chi connectivity index (χ4n) is 4.61. The van der Waals surface area contributed by atoms with Crippen molar-refractivity contribution in [3.05, 3.63) is 60.2 Å². The second kappa shape index (κ2) is 10.4. The number of amides is 2. The summed E-state index contributed by atoms with van der Waals surface area (Å²) in [6, 6.07) is 11.9. The van der Waals surface area contributed by atoms with E-state index >= 15 is 0 Å². The largest absolute Gasteiger partial charge is 0.335 e. The Balaban J connectivity index is 1.37. The molecule has 0 atom stereocenters. The Bertz CT molecular complexity index is 1170. The van der Waals surface area contributed by atoms with Crippen LogP contribution >= 0.6 is 11.8 Å². The number of thioether (sulfide) groups is 1. The number of hydrogen-bond donors (Lipinski definition) is 0. The average molecular weight is 477 g/mol. The Morgan fingerprint density at radius 3 is 2.76 bits per heavy atom. The summed E-state index contributed by atoms with van der Waals surface area (Å²) < 4.78 is 1.92. The molecule has 2 aliphatic rings. The summed E-state index contributed by atoms with van der Waals surface area (Å²) in [6.45, 7) is 1.86. The maximum absolute atomic E-state index is 13.2. The standard InChI is InChI=1S/C25H28N6O2S/c32-23-12-2-1-5-14-29(23)17-22-27-28-25(31(22)20-10-6-13-26-16-20)34-18-24(33)30-15-7-9-19-8-3-4-11-21(19)30/h3-4,6,8,10-11,13,16H,1-2,5,7,9,12,14-15,17-18H2. The first kappa shape index (κ1) is 22.6. The molecule has 176 valence electrons. The highest BCUT2D eigenvalue weighted by molar-refractivity contribution is 7.99. The number of hydrogen-bond acceptors (Lipinski definition) is 6. The summed E-state index contributed by atoms with van der Waals surface area (Å²) in [4.78, 5) is 33.7. The monoisotopic (exact) mass is 476 g/mol. The Hall–Kier alpha value is -3.20. The van der Waals surface area contributed by atoms with Crippen molar-refractivity contribution < 1.29 is 9.59 Å². The minimum Gasteiger partial charge on any atom is -0.335 e. The predicted octanol–water partition coefficient (Wildman–Crippen LogP) is 3.64. The summed E-state index contributed by atoms with van der Waals surface area (Å²) in [6.07, 6.45) is 9.02. The summed E-state index contributed by atoms with van der Waals surface area (Å²) in [5.41, 5.74) is 3.05. The van der Waals surface area contributed by atoms with Gasteiger partial charge in [0.15, 0.2) is 11.0 Å². The molecule has 3 aromatic rings. The smallest absolute Gasteiger partial charge is 0.237 e. The number of aryl methyl sites for hydroxylation is 1. The van der Waals surface area contributed by atoms with Gasteiger partial charge in [-0.25, -0.2) is 0 Å². The number of aromatic nitrogens is 4. The molecule has 5 rings (SSSR count). The van der Waals surface area contributed by atoms with Crippen LogP contribution in [0.4, 0.5) is 5.69 Å². The molecular formula is C25H28N6O2S. The normalized spacial score (nSPS) is 16.3. The van der Waals surface area contributed by atoms with Crippen LogP contribution in [0.25, 0.3) is 5.69 Å². The molecule has 1 aromatic carbocycles. The van der Waals surface area contributed by atoms with E-state index in [9.17, 15) is 9.59 Å². The third kappa shape index (κ3) is 4.84. The number of likely N-dealkylation sites (tertiary alicyclic amines) is 1. The van der Waals surface area contributed by atoms with E-state index in [0.717, 1.165) is 56.6 Å². The van der Waals surface area contributed by atoms with Gasteiger partial charge in [0.25, 0.3) is 0 Å². The molecule has 9 heteroatoms. The number of benzene rings is 1. The van der Waals surface area contributed by atoms with Crippen LogP contribution in [-0.4, -0.2) is 55.3 Å². The maximum Gasteiger partial charge on any atom is 0.237 e. The van der Waals surface area contributed by atoms with Crippen molar-refractivity contribution >= 4 is 29.3 Å². The van der Waals surface area contributed by atoms with Gasteiger partial charge in [0.2, 0.25) is 11.8 Å². The Morgan fingerprint density at radius 2 is 1.88 bits per heavy atom. The van der Waals surface area contributed by atoms with Gasteiger partial charge in [0.1, 0.15) is 0 Å². The minimum atomic E-state index is 0.0575. The third-order valence-corrected chi connectivity index (χ3v) is 7.26. The van der Waals surface area contributed by atoms with E-state index in [4.69, 9.17) is 0 Å². The number of fused-ring (bicyclic) bond motifs is 1. The Kier molecular flexibility index (Phi) is 6.89. The van der Waals surface area contributed by atoms with Crippen LogP contribution in [0.15, 0.2) is 53.9 Å². The number of para-hydroxylation sites is 1. The van der Waals surface area contributed by atoms with Crippen LogP contribution < -0.4 is 4.90 Å². The molecular weight excluding hydrogens is 448 g/mol. The van der Waals surface area contributed by atoms with Gasteiger partial charge in [-0.3, -0.25) is 19.1 Å². The van der Waals surface area contributed by atoms with E-state index in [1.807, 2.05) is 44.7 Å². The number of carbonyl (C=O) groups excluding carboxylic acids is 2. The molecule has 2 amide bonds. The van der Waals surface area contributed by atoms with Gasteiger partial charge in [-0.15, -0.1) is 10.2 Å². The molecule has 34 heavy (non-hydrogen) atoms. The number of pyridine rings is 1. The van der Waals surface area contributed by atoms with E-state index in [1.165, 1.54) is 17.3 Å². The zero-order valence-corrected chi connectivity index (χ0v) is 19.9. The van der Waals surface area contributed by atoms with E-state index < -0.39 is 0 Å². The van der Waals surface area contributed by atoms with Crippen LogP contribution in [0.1, 0.15) is 43.5 Å². The summed E-state index contributed by atoms with van der Waals surface area (Å²) >= 11 is 1.37. The minimum absolute atomic E-state index is 0.0575. The lowest BCUT2D eigenvalue weighted by Crippen LogP contribution is -2.36. The van der Waals surface area contributed by atoms with E-state index in [1.54, 1.807) is 12.4 Å². The predicted molar refractivity (Wildman–Crippen MR) is 131 cm³/mol. The van der Waals surface area contributed by atoms with Gasteiger partial charge in [-0.2, -0.15) is 0 Å². The molecule has 0 N–H and O–H groups in total. The van der Waals surface area contributed by atoms with Crippen molar-refractivity contribution in [2.45, 2.75) is 50.2 Å². The fourth-order valence-corrected chi connectivity index (χ4v) is 5.46. The second-order valence-corrected chi connectivity index (χ2v) is 9.58. The van der Waals surface area contributed by atoms with E-state index in [2.05, 4.69) is 21.2 Å². The number of rotatable bonds is 6. The lowest BCUT2D eigenvalue weighted by atomic mass is 10.0. The zero-order valence-electron chi connectivity index (χ0n) is 19.1. The number of carbonyl (C=O) groups is 2. The number of nitrogens with zero attached hydrogens (tertiary/aromatic N) is 6. The fraction of sp³-hybridized carbons (Fsp3) is 0.400. The highest BCUT2D eigenvalue weighted by Crippen LogP contribution is 2.29. The molecule has 0 aliphatic carbocycles. The molecule has 0 spiro atoms. The van der Waals surface area contributed by atoms with Crippen molar-refractivity contribution in [2.24, 2.45) is 0 Å². The highest BCUT2D eigenvalue weighted by atomic mass is 32.2. The average Bonchev–Trinajstić information content (AvgIpc) is 3.17. The number of anilines is 1. The molecule has 0 radical (unpaired) electrons. The molecule has 1 fully saturated rings. The first-order valence-electron chi connectivity index (χ1n) is 11.8. The van der Waals surface area contributed by atoms with Crippen molar-refractivity contribution in [1.29, 1.82) is 0 Å². The van der Waals surface area contributed by atoms with Gasteiger partial charge in [0, 0.05) is 31.4 Å². The summed E-state index contributed by atoms with van der Waals surface area (Å²) in [5, 5.41) is 9.46. The Labute approximate surface area is 203 Å². The highest BCUT2D eigenvalue weighted by Gasteiger charge is 2.25. The molecule has 1 saturated heterocycles. The topological polar surface area (TPSA) is 84.2 Å². The molecule has 0 saturated carbocycles. The molecule has 4 heterocycles. The van der Waals surface area contributed by atoms with Crippen LogP contribution in [0.5, 0.6) is 0 Å². The van der Waals surface area contributed by atoms with Crippen LogP contribution in [-0.2, 0) is 22.6 Å². The van der Waals surface area contributed by atoms with Crippen molar-refractivity contribution in [2.75, 3.05) is 23.7 Å². The van der Waals surface area contributed by atoms with Gasteiger partial charge in [0.05, 0.1) is 24.2 Å². The van der Waals surface area contributed by atoms with Gasteiger partial charge < -0.3 is 9.80 Å². The zero-order chi connectivity index (χ0) is 23.3. The summed E-state index contributed by atoms with van der Waals surface area (Å²) in [5.74, 6) is 1.16. The SMILES string of the molecule is O=C1CCCCCN1Cc1nnc(SCC(=O)N2CCCc3ccccc32)n1-c1cccnc1. The van der Waals surface area contributed by atoms with Crippen molar-refractivity contribution in [1.82, 2.24) is 24.6 Å².